The van der Waals surface area contributed by atoms with Gasteiger partial charge in [-0.25, -0.2) is 4.79 Å². The first-order valence-corrected chi connectivity index (χ1v) is 9.98. The summed E-state index contributed by atoms with van der Waals surface area (Å²) in [5.74, 6) is -0.942. The molecule has 0 saturated heterocycles. The summed E-state index contributed by atoms with van der Waals surface area (Å²) >= 11 is 0. The first-order chi connectivity index (χ1) is 13.4. The van der Waals surface area contributed by atoms with E-state index in [1.807, 2.05) is 6.07 Å². The van der Waals surface area contributed by atoms with Gasteiger partial charge >= 0.3 is 16.1 Å². The third kappa shape index (κ3) is 4.24. The molecule has 0 aliphatic heterocycles. The zero-order valence-electron chi connectivity index (χ0n) is 15.2. The third-order valence-electron chi connectivity index (χ3n) is 4.17. The lowest BCUT2D eigenvalue weighted by Crippen LogP contribution is -2.16. The van der Waals surface area contributed by atoms with Gasteiger partial charge in [0.25, 0.3) is 0 Å². The molecule has 28 heavy (non-hydrogen) atoms. The summed E-state index contributed by atoms with van der Waals surface area (Å²) in [5, 5.41) is 2.99. The molecule has 0 unspecified atom stereocenters. The quantitative estimate of drug-likeness (QED) is 0.586. The normalized spacial score (nSPS) is 11.2. The topological polar surface area (TPSA) is 112 Å². The Labute approximate surface area is 163 Å². The Balaban J connectivity index is 1.86. The van der Waals surface area contributed by atoms with Crippen LogP contribution in [0.3, 0.4) is 0 Å². The summed E-state index contributed by atoms with van der Waals surface area (Å²) in [7, 11) is -4.28. The first-order valence-electron chi connectivity index (χ1n) is 8.57. The maximum atomic E-state index is 12.6. The second kappa shape index (κ2) is 8.28. The third-order valence-corrected chi connectivity index (χ3v) is 5.37. The molecule has 0 saturated carbocycles. The Morgan fingerprint density at radius 2 is 1.96 bits per heavy atom. The van der Waals surface area contributed by atoms with Gasteiger partial charge in [0.1, 0.15) is 4.90 Å². The largest absolute Gasteiger partial charge is 0.472 e. The molecule has 1 aromatic heterocycles. The zero-order valence-corrected chi connectivity index (χ0v) is 16.0. The van der Waals surface area contributed by atoms with Crippen molar-refractivity contribution in [3.63, 3.8) is 0 Å². The van der Waals surface area contributed by atoms with Crippen molar-refractivity contribution in [2.75, 3.05) is 18.4 Å². The van der Waals surface area contributed by atoms with Crippen LogP contribution in [-0.2, 0) is 14.3 Å². The lowest BCUT2D eigenvalue weighted by Gasteiger charge is -2.11. The van der Waals surface area contributed by atoms with E-state index < -0.39 is 16.1 Å². The number of hydrogen-bond donors (Lipinski definition) is 2. The van der Waals surface area contributed by atoms with E-state index in [1.165, 1.54) is 24.5 Å². The second-order valence-electron chi connectivity index (χ2n) is 6.06. The van der Waals surface area contributed by atoms with Crippen LogP contribution in [0.25, 0.3) is 11.1 Å². The van der Waals surface area contributed by atoms with Gasteiger partial charge in [-0.05, 0) is 48.4 Å². The molecule has 0 fully saturated rings. The molecule has 1 heterocycles. The van der Waals surface area contributed by atoms with Crippen molar-refractivity contribution in [3.05, 3.63) is 72.2 Å². The van der Waals surface area contributed by atoms with Crippen molar-refractivity contribution in [1.82, 2.24) is 0 Å². The minimum absolute atomic E-state index is 0.119. The Morgan fingerprint density at radius 1 is 1.18 bits per heavy atom. The van der Waals surface area contributed by atoms with Crippen molar-refractivity contribution in [2.45, 2.75) is 11.8 Å². The second-order valence-corrected chi connectivity index (χ2v) is 7.60. The first kappa shape index (κ1) is 19.7. The van der Waals surface area contributed by atoms with E-state index in [2.05, 4.69) is 5.32 Å². The minimum Gasteiger partial charge on any atom is -0.472 e. The molecule has 3 rings (SSSR count). The molecule has 0 aliphatic carbocycles. The molecule has 0 amide bonds. The van der Waals surface area contributed by atoms with Gasteiger partial charge in [-0.2, -0.15) is 8.42 Å². The van der Waals surface area contributed by atoms with Crippen LogP contribution in [0.1, 0.15) is 15.9 Å². The predicted molar refractivity (Wildman–Crippen MR) is 105 cm³/mol. The molecule has 0 atom stereocenters. The summed E-state index contributed by atoms with van der Waals surface area (Å²) in [5.41, 5.74) is 8.32. The highest BCUT2D eigenvalue weighted by Gasteiger charge is 2.23. The summed E-state index contributed by atoms with van der Waals surface area (Å²) < 4.78 is 35.1. The molecular formula is C20H20N2O5S. The highest BCUT2D eigenvalue weighted by atomic mass is 32.2. The monoisotopic (exact) mass is 400 g/mol. The fourth-order valence-corrected chi connectivity index (χ4v) is 3.66. The summed E-state index contributed by atoms with van der Waals surface area (Å²) in [6.45, 7) is 2.62. The lowest BCUT2D eigenvalue weighted by atomic mass is 9.98. The van der Waals surface area contributed by atoms with Crippen LogP contribution in [0.2, 0.25) is 0 Å². The SMILES string of the molecule is Cc1c(C(=O)OS(=O)(=O)c2cccc(NCCN)c2)cccc1-c1ccoc1. The molecular weight excluding hydrogens is 380 g/mol. The molecule has 7 nitrogen and oxygen atoms in total. The van der Waals surface area contributed by atoms with Gasteiger partial charge in [-0.1, -0.05) is 18.2 Å². The minimum atomic E-state index is -4.28. The summed E-state index contributed by atoms with van der Waals surface area (Å²) in [4.78, 5) is 12.5. The number of carbonyl (C=O) groups excluding carboxylic acids is 1. The van der Waals surface area contributed by atoms with Crippen LogP contribution in [-0.4, -0.2) is 27.5 Å². The Kier molecular flexibility index (Phi) is 5.81. The van der Waals surface area contributed by atoms with Crippen molar-refractivity contribution in [3.8, 4) is 11.1 Å². The number of furan rings is 1. The molecule has 3 aromatic rings. The highest BCUT2D eigenvalue weighted by molar-refractivity contribution is 7.87. The van der Waals surface area contributed by atoms with Crippen LogP contribution < -0.4 is 11.1 Å². The van der Waals surface area contributed by atoms with Crippen molar-refractivity contribution in [2.24, 2.45) is 5.73 Å². The van der Waals surface area contributed by atoms with E-state index in [1.54, 1.807) is 37.5 Å². The van der Waals surface area contributed by atoms with E-state index >= 15 is 0 Å². The fourth-order valence-electron chi connectivity index (χ4n) is 2.76. The molecule has 0 radical (unpaired) electrons. The molecule has 146 valence electrons. The molecule has 0 aliphatic rings. The number of nitrogens with one attached hydrogen (secondary N) is 1. The van der Waals surface area contributed by atoms with Crippen LogP contribution in [0.4, 0.5) is 5.69 Å². The van der Waals surface area contributed by atoms with E-state index in [0.29, 0.717) is 24.3 Å². The van der Waals surface area contributed by atoms with Gasteiger partial charge in [0.2, 0.25) is 0 Å². The Morgan fingerprint density at radius 3 is 2.68 bits per heavy atom. The van der Waals surface area contributed by atoms with E-state index in [4.69, 9.17) is 14.3 Å². The smallest absolute Gasteiger partial charge is 0.354 e. The maximum Gasteiger partial charge on any atom is 0.354 e. The van der Waals surface area contributed by atoms with E-state index in [9.17, 15) is 13.2 Å². The van der Waals surface area contributed by atoms with Crippen molar-refractivity contribution >= 4 is 21.8 Å². The maximum absolute atomic E-state index is 12.6. The fraction of sp³-hybridized carbons (Fsp3) is 0.150. The molecule has 0 spiro atoms. The summed E-state index contributed by atoms with van der Waals surface area (Å²) in [6.07, 6.45) is 3.07. The van der Waals surface area contributed by atoms with Crippen molar-refractivity contribution < 1.29 is 21.8 Å². The predicted octanol–water partition coefficient (Wildman–Crippen LogP) is 3.17. The van der Waals surface area contributed by atoms with Gasteiger partial charge in [0.15, 0.2) is 0 Å². The Bertz CT molecular complexity index is 1080. The van der Waals surface area contributed by atoms with E-state index in [0.717, 1.165) is 11.1 Å². The number of anilines is 1. The zero-order chi connectivity index (χ0) is 20.1. The average molecular weight is 400 g/mol. The van der Waals surface area contributed by atoms with Gasteiger partial charge in [-0.3, -0.25) is 0 Å². The van der Waals surface area contributed by atoms with Crippen LogP contribution in [0.5, 0.6) is 0 Å². The number of carbonyl (C=O) groups is 1. The number of benzene rings is 2. The summed E-state index contributed by atoms with van der Waals surface area (Å²) in [6, 6.07) is 12.8. The van der Waals surface area contributed by atoms with Gasteiger partial charge in [0, 0.05) is 24.3 Å². The number of nitrogens with two attached hydrogens (primary N) is 1. The molecule has 2 aromatic carbocycles. The standard InChI is InChI=1S/C20H20N2O5S/c1-14-18(15-8-11-26-13-15)6-3-7-19(14)20(23)27-28(24,25)17-5-2-4-16(12-17)22-10-9-21/h2-8,11-13,22H,9-10,21H2,1H3. The number of rotatable bonds is 7. The van der Waals surface area contributed by atoms with E-state index in [-0.39, 0.29) is 10.5 Å². The van der Waals surface area contributed by atoms with Crippen molar-refractivity contribution in [1.29, 1.82) is 0 Å². The lowest BCUT2D eigenvalue weighted by molar-refractivity contribution is 0.0746. The molecule has 0 bridgehead atoms. The number of hydrogen-bond acceptors (Lipinski definition) is 7. The van der Waals surface area contributed by atoms with Gasteiger partial charge < -0.3 is 19.7 Å². The van der Waals surface area contributed by atoms with Gasteiger partial charge in [0.05, 0.1) is 18.1 Å². The average Bonchev–Trinajstić information content (AvgIpc) is 3.21. The van der Waals surface area contributed by atoms with Crippen LogP contribution in [0.15, 0.2) is 70.4 Å². The van der Waals surface area contributed by atoms with Crippen LogP contribution >= 0.6 is 0 Å². The molecule has 3 N–H and O–H groups in total. The molecule has 8 heteroatoms. The van der Waals surface area contributed by atoms with Gasteiger partial charge in [-0.15, -0.1) is 0 Å². The van der Waals surface area contributed by atoms with Crippen LogP contribution in [0, 0.1) is 6.92 Å². The Hall–Kier alpha value is -3.10. The highest BCUT2D eigenvalue weighted by Crippen LogP contribution is 2.27.